The van der Waals surface area contributed by atoms with E-state index in [2.05, 4.69) is 6.92 Å². The van der Waals surface area contributed by atoms with Crippen molar-refractivity contribution in [2.24, 2.45) is 11.8 Å². The van der Waals surface area contributed by atoms with E-state index >= 15 is 0 Å². The summed E-state index contributed by atoms with van der Waals surface area (Å²) in [6.07, 6.45) is 3.48. The van der Waals surface area contributed by atoms with Gasteiger partial charge in [0.2, 0.25) is 5.91 Å². The average molecular weight is 259 g/mol. The first-order valence-electron chi connectivity index (χ1n) is 6.47. The quantitative estimate of drug-likeness (QED) is 0.708. The first-order chi connectivity index (χ1) is 7.98. The highest BCUT2D eigenvalue weighted by atomic mass is 32.2. The van der Waals surface area contributed by atoms with E-state index in [0.29, 0.717) is 12.3 Å². The topological polar surface area (TPSA) is 54.5 Å². The Morgan fingerprint density at radius 1 is 1.18 bits per heavy atom. The number of hydrogen-bond donors (Lipinski definition) is 0. The average Bonchev–Trinajstić information content (AvgIpc) is 2.28. The van der Waals surface area contributed by atoms with Gasteiger partial charge in [-0.1, -0.05) is 6.92 Å². The van der Waals surface area contributed by atoms with Gasteiger partial charge in [0.1, 0.15) is 0 Å². The van der Waals surface area contributed by atoms with Crippen LogP contribution in [0.15, 0.2) is 0 Å². The van der Waals surface area contributed by atoms with E-state index in [9.17, 15) is 13.2 Å². The van der Waals surface area contributed by atoms with Gasteiger partial charge in [-0.05, 0) is 31.6 Å². The molecule has 4 nitrogen and oxygen atoms in total. The number of carbonyl (C=O) groups excluding carboxylic acids is 1. The predicted octanol–water partition coefficient (Wildman–Crippen LogP) is 1.07. The van der Waals surface area contributed by atoms with Gasteiger partial charge in [-0.2, -0.15) is 0 Å². The number of hydrogen-bond acceptors (Lipinski definition) is 3. The molecule has 2 saturated heterocycles. The Morgan fingerprint density at radius 3 is 2.41 bits per heavy atom. The van der Waals surface area contributed by atoms with Crippen LogP contribution >= 0.6 is 0 Å². The molecule has 0 aromatic carbocycles. The fourth-order valence-corrected chi connectivity index (χ4v) is 4.40. The molecule has 0 aromatic rings. The molecule has 0 N–H and O–H groups in total. The van der Waals surface area contributed by atoms with Crippen LogP contribution in [0.1, 0.15) is 32.6 Å². The van der Waals surface area contributed by atoms with Gasteiger partial charge >= 0.3 is 0 Å². The molecule has 0 radical (unpaired) electrons. The van der Waals surface area contributed by atoms with E-state index in [0.717, 1.165) is 32.4 Å². The second kappa shape index (κ2) is 4.96. The van der Waals surface area contributed by atoms with Crippen LogP contribution in [0.25, 0.3) is 0 Å². The first kappa shape index (κ1) is 12.9. The van der Waals surface area contributed by atoms with Gasteiger partial charge in [0.25, 0.3) is 0 Å². The van der Waals surface area contributed by atoms with Gasteiger partial charge in [-0.3, -0.25) is 4.79 Å². The summed E-state index contributed by atoms with van der Waals surface area (Å²) in [4.78, 5) is 14.1. The third-order valence-corrected chi connectivity index (χ3v) is 5.73. The first-order valence-corrected chi connectivity index (χ1v) is 8.29. The van der Waals surface area contributed by atoms with Crippen LogP contribution in [0.2, 0.25) is 0 Å². The molecule has 17 heavy (non-hydrogen) atoms. The lowest BCUT2D eigenvalue weighted by Gasteiger charge is -2.34. The van der Waals surface area contributed by atoms with Gasteiger partial charge in [0, 0.05) is 13.1 Å². The standard InChI is InChI=1S/C12H21NO3S/c1-10-4-6-13(7-5-10)12(14)11-3-2-8-17(15,16)9-11/h10-11H,2-9H2,1H3. The minimum Gasteiger partial charge on any atom is -0.342 e. The van der Waals surface area contributed by atoms with E-state index in [1.165, 1.54) is 0 Å². The van der Waals surface area contributed by atoms with Crippen molar-refractivity contribution in [3.63, 3.8) is 0 Å². The number of rotatable bonds is 1. The van der Waals surface area contributed by atoms with Crippen LogP contribution in [-0.2, 0) is 14.6 Å². The van der Waals surface area contributed by atoms with Crippen LogP contribution in [0, 0.1) is 11.8 Å². The lowest BCUT2D eigenvalue weighted by molar-refractivity contribution is -0.136. The minimum absolute atomic E-state index is 0.0673. The molecule has 0 aliphatic carbocycles. The van der Waals surface area contributed by atoms with E-state index in [4.69, 9.17) is 0 Å². The lowest BCUT2D eigenvalue weighted by Crippen LogP contribution is -2.44. The van der Waals surface area contributed by atoms with Crippen molar-refractivity contribution in [3.05, 3.63) is 0 Å². The third-order valence-electron chi connectivity index (χ3n) is 3.91. The highest BCUT2D eigenvalue weighted by molar-refractivity contribution is 7.91. The molecule has 2 rings (SSSR count). The maximum atomic E-state index is 12.2. The highest BCUT2D eigenvalue weighted by Gasteiger charge is 2.33. The van der Waals surface area contributed by atoms with Crippen molar-refractivity contribution in [1.82, 2.24) is 4.90 Å². The number of nitrogens with zero attached hydrogens (tertiary/aromatic N) is 1. The number of carbonyl (C=O) groups is 1. The fraction of sp³-hybridized carbons (Fsp3) is 0.917. The molecule has 1 atom stereocenters. The Labute approximate surface area is 103 Å². The SMILES string of the molecule is CC1CCN(C(=O)C2CCCS(=O)(=O)C2)CC1. The monoisotopic (exact) mass is 259 g/mol. The van der Waals surface area contributed by atoms with Crippen LogP contribution in [0.4, 0.5) is 0 Å². The van der Waals surface area contributed by atoms with Crippen molar-refractivity contribution < 1.29 is 13.2 Å². The summed E-state index contributed by atoms with van der Waals surface area (Å²) in [5.74, 6) is 0.808. The summed E-state index contributed by atoms with van der Waals surface area (Å²) in [6, 6.07) is 0. The predicted molar refractivity (Wildman–Crippen MR) is 66.4 cm³/mol. The van der Waals surface area contributed by atoms with Crippen LogP contribution in [0.3, 0.4) is 0 Å². The molecule has 2 fully saturated rings. The largest absolute Gasteiger partial charge is 0.342 e. The molecule has 0 spiro atoms. The molecule has 1 unspecified atom stereocenters. The maximum absolute atomic E-state index is 12.2. The Balaban J connectivity index is 1.95. The lowest BCUT2D eigenvalue weighted by atomic mass is 9.96. The van der Waals surface area contributed by atoms with Crippen molar-refractivity contribution in [2.75, 3.05) is 24.6 Å². The number of likely N-dealkylation sites (tertiary alicyclic amines) is 1. The van der Waals surface area contributed by atoms with Crippen LogP contribution in [0.5, 0.6) is 0 Å². The number of amides is 1. The molecule has 2 aliphatic heterocycles. The Hall–Kier alpha value is -0.580. The zero-order valence-corrected chi connectivity index (χ0v) is 11.2. The van der Waals surface area contributed by atoms with Crippen molar-refractivity contribution >= 4 is 15.7 Å². The minimum atomic E-state index is -2.97. The molecular weight excluding hydrogens is 238 g/mol. The fourth-order valence-electron chi connectivity index (χ4n) is 2.70. The van der Waals surface area contributed by atoms with Crippen molar-refractivity contribution in [3.8, 4) is 0 Å². The molecule has 0 bridgehead atoms. The molecule has 0 aromatic heterocycles. The Kier molecular flexibility index (Phi) is 3.76. The summed E-state index contributed by atoms with van der Waals surface area (Å²) in [7, 11) is -2.97. The summed E-state index contributed by atoms with van der Waals surface area (Å²) < 4.78 is 23.1. The summed E-state index contributed by atoms with van der Waals surface area (Å²) >= 11 is 0. The van der Waals surface area contributed by atoms with Gasteiger partial charge in [0.05, 0.1) is 17.4 Å². The van der Waals surface area contributed by atoms with E-state index < -0.39 is 9.84 Å². The van der Waals surface area contributed by atoms with Crippen LogP contribution in [-0.4, -0.2) is 43.8 Å². The smallest absolute Gasteiger partial charge is 0.226 e. The molecule has 98 valence electrons. The Morgan fingerprint density at radius 2 is 1.82 bits per heavy atom. The van der Waals surface area contributed by atoms with E-state index in [-0.39, 0.29) is 23.3 Å². The van der Waals surface area contributed by atoms with E-state index in [1.807, 2.05) is 4.90 Å². The van der Waals surface area contributed by atoms with Gasteiger partial charge in [0.15, 0.2) is 9.84 Å². The summed E-state index contributed by atoms with van der Waals surface area (Å²) in [6.45, 7) is 3.81. The summed E-state index contributed by atoms with van der Waals surface area (Å²) in [5, 5.41) is 0. The third kappa shape index (κ3) is 3.21. The molecule has 1 amide bonds. The molecule has 2 aliphatic rings. The molecule has 2 heterocycles. The number of piperidine rings is 1. The zero-order chi connectivity index (χ0) is 12.5. The normalized spacial score (nSPS) is 30.2. The van der Waals surface area contributed by atoms with Gasteiger partial charge < -0.3 is 4.90 Å². The second-order valence-corrected chi connectivity index (χ2v) is 7.69. The van der Waals surface area contributed by atoms with E-state index in [1.54, 1.807) is 0 Å². The van der Waals surface area contributed by atoms with Gasteiger partial charge in [-0.25, -0.2) is 8.42 Å². The van der Waals surface area contributed by atoms with Crippen LogP contribution < -0.4 is 0 Å². The highest BCUT2D eigenvalue weighted by Crippen LogP contribution is 2.23. The molecular formula is C12H21NO3S. The Bertz CT molecular complexity index is 383. The maximum Gasteiger partial charge on any atom is 0.226 e. The molecule has 0 saturated carbocycles. The van der Waals surface area contributed by atoms with Gasteiger partial charge in [-0.15, -0.1) is 0 Å². The second-order valence-electron chi connectivity index (χ2n) is 5.46. The van der Waals surface area contributed by atoms with Crippen molar-refractivity contribution in [2.45, 2.75) is 32.6 Å². The number of sulfone groups is 1. The van der Waals surface area contributed by atoms with Crippen molar-refractivity contribution in [1.29, 1.82) is 0 Å². The molecule has 5 heteroatoms. The summed E-state index contributed by atoms with van der Waals surface area (Å²) in [5.41, 5.74) is 0. The zero-order valence-electron chi connectivity index (χ0n) is 10.4.